The fraction of sp³-hybridized carbons (Fsp3) is 0.0625. The van der Waals surface area contributed by atoms with E-state index in [1.54, 1.807) is 29.0 Å². The maximum atomic E-state index is 12.2. The predicted octanol–water partition coefficient (Wildman–Crippen LogP) is 3.84. The van der Waals surface area contributed by atoms with Crippen molar-refractivity contribution in [3.63, 3.8) is 0 Å². The lowest BCUT2D eigenvalue weighted by atomic mass is 10.2. The average molecular weight is 330 g/mol. The molecule has 0 radical (unpaired) electrons. The molecule has 0 atom stereocenters. The van der Waals surface area contributed by atoms with Crippen molar-refractivity contribution < 1.29 is 9.72 Å². The summed E-state index contributed by atoms with van der Waals surface area (Å²) in [5.74, 6) is -0.275. The number of non-ortho nitro benzene ring substituents is 1. The minimum atomic E-state index is -0.503. The van der Waals surface area contributed by atoms with Crippen LogP contribution in [0, 0.1) is 10.1 Å². The molecule has 0 saturated heterocycles. The number of fused-ring (bicyclic) bond motifs is 1. The van der Waals surface area contributed by atoms with Gasteiger partial charge < -0.3 is 9.88 Å². The molecule has 1 heterocycles. The second-order valence-corrected chi connectivity index (χ2v) is 5.44. The van der Waals surface area contributed by atoms with Crippen LogP contribution in [0.2, 0.25) is 5.02 Å². The van der Waals surface area contributed by atoms with E-state index in [2.05, 4.69) is 5.32 Å². The van der Waals surface area contributed by atoms with E-state index in [0.29, 0.717) is 10.7 Å². The number of carbonyl (C=O) groups excluding carboxylic acids is 1. The standard InChI is InChI=1S/C16H12ClN3O3/c17-12-5-4-11-6-7-19(15(11)8-12)10-16(21)18-13-2-1-3-14(9-13)20(22)23/h1-9H,10H2,(H,18,21). The number of anilines is 1. The first-order chi connectivity index (χ1) is 11.0. The molecule has 3 rings (SSSR count). The van der Waals surface area contributed by atoms with Crippen LogP contribution in [0.4, 0.5) is 11.4 Å². The quantitative estimate of drug-likeness (QED) is 0.583. The number of halogens is 1. The minimum Gasteiger partial charge on any atom is -0.338 e. The maximum absolute atomic E-state index is 12.2. The number of benzene rings is 2. The van der Waals surface area contributed by atoms with E-state index in [-0.39, 0.29) is 18.1 Å². The third kappa shape index (κ3) is 3.32. The third-order valence-electron chi connectivity index (χ3n) is 3.39. The molecule has 0 bridgehead atoms. The number of nitrogens with one attached hydrogen (secondary N) is 1. The molecule has 1 N–H and O–H groups in total. The average Bonchev–Trinajstić information content (AvgIpc) is 2.89. The second kappa shape index (κ2) is 6.10. The summed E-state index contributed by atoms with van der Waals surface area (Å²) >= 11 is 5.98. The lowest BCUT2D eigenvalue weighted by Crippen LogP contribution is -2.18. The smallest absolute Gasteiger partial charge is 0.271 e. The molecule has 0 spiro atoms. The fourth-order valence-electron chi connectivity index (χ4n) is 2.35. The number of hydrogen-bond donors (Lipinski definition) is 1. The van der Waals surface area contributed by atoms with Crippen molar-refractivity contribution in [2.45, 2.75) is 6.54 Å². The van der Waals surface area contributed by atoms with Crippen molar-refractivity contribution in [3.8, 4) is 0 Å². The summed E-state index contributed by atoms with van der Waals surface area (Å²) in [6, 6.07) is 13.2. The van der Waals surface area contributed by atoms with Gasteiger partial charge in [0.15, 0.2) is 0 Å². The zero-order valence-corrected chi connectivity index (χ0v) is 12.7. The second-order valence-electron chi connectivity index (χ2n) is 5.00. The molecule has 23 heavy (non-hydrogen) atoms. The Morgan fingerprint density at radius 2 is 2.04 bits per heavy atom. The molecule has 0 unspecified atom stereocenters. The van der Waals surface area contributed by atoms with Gasteiger partial charge in [0.1, 0.15) is 6.54 Å². The van der Waals surface area contributed by atoms with Gasteiger partial charge in [-0.2, -0.15) is 0 Å². The molecule has 3 aromatic rings. The first kappa shape index (κ1) is 15.1. The molecule has 6 nitrogen and oxygen atoms in total. The van der Waals surface area contributed by atoms with Gasteiger partial charge in [-0.25, -0.2) is 0 Å². The van der Waals surface area contributed by atoms with Crippen molar-refractivity contribution in [2.75, 3.05) is 5.32 Å². The molecule has 1 aromatic heterocycles. The van der Waals surface area contributed by atoms with Crippen molar-refractivity contribution in [1.29, 1.82) is 0 Å². The van der Waals surface area contributed by atoms with Crippen LogP contribution in [0.25, 0.3) is 10.9 Å². The predicted molar refractivity (Wildman–Crippen MR) is 88.7 cm³/mol. The summed E-state index contributed by atoms with van der Waals surface area (Å²) in [5, 5.41) is 15.0. The molecule has 0 aliphatic heterocycles. The van der Waals surface area contributed by atoms with E-state index >= 15 is 0 Å². The van der Waals surface area contributed by atoms with Crippen LogP contribution >= 0.6 is 11.6 Å². The van der Waals surface area contributed by atoms with E-state index in [1.807, 2.05) is 12.1 Å². The normalized spacial score (nSPS) is 10.7. The monoisotopic (exact) mass is 329 g/mol. The number of aromatic nitrogens is 1. The van der Waals surface area contributed by atoms with Crippen molar-refractivity contribution in [3.05, 3.63) is 69.9 Å². The zero-order valence-electron chi connectivity index (χ0n) is 11.9. The molecule has 0 aliphatic rings. The van der Waals surface area contributed by atoms with Gasteiger partial charge in [0.25, 0.3) is 5.69 Å². The molecular weight excluding hydrogens is 318 g/mol. The molecule has 1 amide bonds. The van der Waals surface area contributed by atoms with Gasteiger partial charge in [-0.05, 0) is 29.7 Å². The fourth-order valence-corrected chi connectivity index (χ4v) is 2.51. The molecule has 0 saturated carbocycles. The topological polar surface area (TPSA) is 77.2 Å². The Morgan fingerprint density at radius 1 is 1.22 bits per heavy atom. The largest absolute Gasteiger partial charge is 0.338 e. The molecule has 116 valence electrons. The molecule has 7 heteroatoms. The highest BCUT2D eigenvalue weighted by Crippen LogP contribution is 2.21. The van der Waals surface area contributed by atoms with Gasteiger partial charge in [0.2, 0.25) is 5.91 Å². The van der Waals surface area contributed by atoms with Crippen LogP contribution in [0.15, 0.2) is 54.7 Å². The molecule has 0 aliphatic carbocycles. The Hall–Kier alpha value is -2.86. The number of hydrogen-bond acceptors (Lipinski definition) is 3. The summed E-state index contributed by atoms with van der Waals surface area (Å²) in [5.41, 5.74) is 1.17. The number of nitro groups is 1. The lowest BCUT2D eigenvalue weighted by molar-refractivity contribution is -0.384. The number of carbonyl (C=O) groups is 1. The van der Waals surface area contributed by atoms with Crippen LogP contribution in [0.1, 0.15) is 0 Å². The summed E-state index contributed by atoms with van der Waals surface area (Å²) in [6.45, 7) is 0.0898. The van der Waals surface area contributed by atoms with Gasteiger partial charge in [-0.15, -0.1) is 0 Å². The number of amides is 1. The number of nitro benzene ring substituents is 1. The Morgan fingerprint density at radius 3 is 2.83 bits per heavy atom. The Kier molecular flexibility index (Phi) is 3.99. The van der Waals surface area contributed by atoms with E-state index in [0.717, 1.165) is 10.9 Å². The SMILES string of the molecule is O=C(Cn1ccc2ccc(Cl)cc21)Nc1cccc([N+](=O)[O-])c1. The minimum absolute atomic E-state index is 0.0685. The third-order valence-corrected chi connectivity index (χ3v) is 3.63. The Labute approximate surface area is 136 Å². The maximum Gasteiger partial charge on any atom is 0.271 e. The molecule has 2 aromatic carbocycles. The highest BCUT2D eigenvalue weighted by Gasteiger charge is 2.10. The van der Waals surface area contributed by atoms with Crippen LogP contribution in [0.3, 0.4) is 0 Å². The first-order valence-corrected chi connectivity index (χ1v) is 7.19. The van der Waals surface area contributed by atoms with E-state index in [1.165, 1.54) is 18.2 Å². The van der Waals surface area contributed by atoms with Crippen molar-refractivity contribution in [1.82, 2.24) is 4.57 Å². The summed E-state index contributed by atoms with van der Waals surface area (Å²) < 4.78 is 1.77. The van der Waals surface area contributed by atoms with Crippen LogP contribution < -0.4 is 5.32 Å². The molecular formula is C16H12ClN3O3. The van der Waals surface area contributed by atoms with Crippen molar-refractivity contribution >= 4 is 39.8 Å². The molecule has 0 fully saturated rings. The van der Waals surface area contributed by atoms with Crippen LogP contribution in [-0.2, 0) is 11.3 Å². The van der Waals surface area contributed by atoms with Gasteiger partial charge in [-0.3, -0.25) is 14.9 Å². The van der Waals surface area contributed by atoms with Crippen LogP contribution in [-0.4, -0.2) is 15.4 Å². The van der Waals surface area contributed by atoms with Crippen LogP contribution in [0.5, 0.6) is 0 Å². The van der Waals surface area contributed by atoms with Gasteiger partial charge in [0, 0.05) is 34.6 Å². The highest BCUT2D eigenvalue weighted by atomic mass is 35.5. The summed E-state index contributed by atoms with van der Waals surface area (Å²) in [6.07, 6.45) is 1.80. The number of rotatable bonds is 4. The number of nitrogens with zero attached hydrogens (tertiary/aromatic N) is 2. The lowest BCUT2D eigenvalue weighted by Gasteiger charge is -2.07. The Balaban J connectivity index is 1.77. The summed E-state index contributed by atoms with van der Waals surface area (Å²) in [4.78, 5) is 22.4. The van der Waals surface area contributed by atoms with Gasteiger partial charge >= 0.3 is 0 Å². The van der Waals surface area contributed by atoms with Gasteiger partial charge in [0.05, 0.1) is 4.92 Å². The zero-order chi connectivity index (χ0) is 16.4. The summed E-state index contributed by atoms with van der Waals surface area (Å²) in [7, 11) is 0. The Bertz CT molecular complexity index is 904. The van der Waals surface area contributed by atoms with Crippen molar-refractivity contribution in [2.24, 2.45) is 0 Å². The van der Waals surface area contributed by atoms with E-state index < -0.39 is 4.92 Å². The van der Waals surface area contributed by atoms with E-state index in [4.69, 9.17) is 11.6 Å². The van der Waals surface area contributed by atoms with Gasteiger partial charge in [-0.1, -0.05) is 23.7 Å². The highest BCUT2D eigenvalue weighted by molar-refractivity contribution is 6.31. The first-order valence-electron chi connectivity index (χ1n) is 6.81. The van der Waals surface area contributed by atoms with E-state index in [9.17, 15) is 14.9 Å².